The topological polar surface area (TPSA) is 101 Å². The van der Waals surface area contributed by atoms with E-state index < -0.39 is 11.9 Å². The fraction of sp³-hybridized carbons (Fsp3) is 0.333. The highest BCUT2D eigenvalue weighted by Crippen LogP contribution is 2.12. The van der Waals surface area contributed by atoms with E-state index in [2.05, 4.69) is 15.6 Å². The van der Waals surface area contributed by atoms with Gasteiger partial charge in [0, 0.05) is 12.2 Å². The van der Waals surface area contributed by atoms with Crippen LogP contribution in [-0.4, -0.2) is 61.5 Å². The smallest absolute Gasteiger partial charge is 0.338 e. The third kappa shape index (κ3) is 7.00. The van der Waals surface area contributed by atoms with Crippen LogP contribution >= 0.6 is 0 Å². The molecule has 1 heterocycles. The second kappa shape index (κ2) is 10.9. The lowest BCUT2D eigenvalue weighted by Gasteiger charge is -2.10. The Morgan fingerprint density at radius 2 is 1.66 bits per heavy atom. The van der Waals surface area contributed by atoms with E-state index in [9.17, 15) is 14.4 Å². The minimum Gasteiger partial charge on any atom is -0.462 e. The first-order valence-corrected chi connectivity index (χ1v) is 9.39. The molecule has 0 bridgehead atoms. The zero-order valence-electron chi connectivity index (χ0n) is 16.9. The molecule has 0 radical (unpaired) electrons. The number of carbonyl (C=O) groups excluding carboxylic acids is 3. The predicted octanol–water partition coefficient (Wildman–Crippen LogP) is 2.19. The van der Waals surface area contributed by atoms with Crippen molar-refractivity contribution in [2.45, 2.75) is 13.3 Å². The van der Waals surface area contributed by atoms with Crippen LogP contribution in [0.25, 0.3) is 0 Å². The van der Waals surface area contributed by atoms with Gasteiger partial charge in [0.05, 0.1) is 12.2 Å². The molecule has 2 aromatic rings. The minimum absolute atomic E-state index is 0.125. The number of ether oxygens (including phenoxy) is 1. The van der Waals surface area contributed by atoms with E-state index in [0.29, 0.717) is 24.4 Å². The summed E-state index contributed by atoms with van der Waals surface area (Å²) in [6, 6.07) is 11.0. The summed E-state index contributed by atoms with van der Waals surface area (Å²) in [7, 11) is 3.94. The largest absolute Gasteiger partial charge is 0.462 e. The van der Waals surface area contributed by atoms with Crippen molar-refractivity contribution in [1.29, 1.82) is 0 Å². The Morgan fingerprint density at radius 3 is 2.28 bits per heavy atom. The van der Waals surface area contributed by atoms with Crippen LogP contribution in [0.15, 0.2) is 42.5 Å². The minimum atomic E-state index is -0.448. The Labute approximate surface area is 170 Å². The highest BCUT2D eigenvalue weighted by Gasteiger charge is 2.13. The van der Waals surface area contributed by atoms with Gasteiger partial charge in [-0.2, -0.15) is 0 Å². The lowest BCUT2D eigenvalue weighted by atomic mass is 10.2. The summed E-state index contributed by atoms with van der Waals surface area (Å²) in [5, 5.41) is 5.49. The van der Waals surface area contributed by atoms with Crippen LogP contribution in [0.1, 0.15) is 44.7 Å². The number of nitrogens with zero attached hydrogens (tertiary/aromatic N) is 2. The molecule has 29 heavy (non-hydrogen) atoms. The van der Waals surface area contributed by atoms with Gasteiger partial charge in [-0.05, 0) is 70.4 Å². The summed E-state index contributed by atoms with van der Waals surface area (Å²) in [4.78, 5) is 42.5. The Morgan fingerprint density at radius 1 is 1.00 bits per heavy atom. The monoisotopic (exact) mass is 398 g/mol. The van der Waals surface area contributed by atoms with E-state index in [1.54, 1.807) is 43.3 Å². The number of rotatable bonds is 9. The molecular formula is C21H26N4O4. The molecule has 0 unspecified atom stereocenters. The Bertz CT molecular complexity index is 850. The molecule has 1 aromatic carbocycles. The van der Waals surface area contributed by atoms with Crippen LogP contribution in [0.5, 0.6) is 0 Å². The molecule has 8 heteroatoms. The van der Waals surface area contributed by atoms with Crippen LogP contribution in [0.3, 0.4) is 0 Å². The number of esters is 1. The van der Waals surface area contributed by atoms with Crippen molar-refractivity contribution in [3.05, 3.63) is 59.4 Å². The number of anilines is 1. The molecule has 0 aliphatic heterocycles. The zero-order chi connectivity index (χ0) is 21.2. The third-order valence-corrected chi connectivity index (χ3v) is 3.94. The van der Waals surface area contributed by atoms with Gasteiger partial charge in [0.1, 0.15) is 11.4 Å². The van der Waals surface area contributed by atoms with Gasteiger partial charge in [0.25, 0.3) is 11.8 Å². The fourth-order valence-corrected chi connectivity index (χ4v) is 2.47. The molecule has 8 nitrogen and oxygen atoms in total. The number of pyridine rings is 1. The first-order chi connectivity index (χ1) is 13.9. The van der Waals surface area contributed by atoms with Gasteiger partial charge in [-0.3, -0.25) is 9.59 Å². The lowest BCUT2D eigenvalue weighted by molar-refractivity contribution is 0.0526. The molecule has 2 N–H and O–H groups in total. The normalized spacial score (nSPS) is 10.5. The van der Waals surface area contributed by atoms with E-state index in [1.807, 2.05) is 19.0 Å². The van der Waals surface area contributed by atoms with E-state index in [0.717, 1.165) is 13.0 Å². The van der Waals surface area contributed by atoms with Gasteiger partial charge >= 0.3 is 5.97 Å². The van der Waals surface area contributed by atoms with E-state index >= 15 is 0 Å². The summed E-state index contributed by atoms with van der Waals surface area (Å²) in [6.07, 6.45) is 0.820. The van der Waals surface area contributed by atoms with Crippen molar-refractivity contribution in [2.75, 3.05) is 39.1 Å². The van der Waals surface area contributed by atoms with Crippen molar-refractivity contribution in [3.8, 4) is 0 Å². The fourth-order valence-electron chi connectivity index (χ4n) is 2.47. The van der Waals surface area contributed by atoms with E-state index in [4.69, 9.17) is 4.74 Å². The van der Waals surface area contributed by atoms with Gasteiger partial charge in [-0.25, -0.2) is 9.78 Å². The molecule has 0 aliphatic rings. The Hall–Kier alpha value is -3.26. The Balaban J connectivity index is 1.96. The van der Waals surface area contributed by atoms with Crippen molar-refractivity contribution >= 4 is 23.5 Å². The summed E-state index contributed by atoms with van der Waals surface area (Å²) < 4.78 is 4.92. The second-order valence-electron chi connectivity index (χ2n) is 6.57. The van der Waals surface area contributed by atoms with Gasteiger partial charge in [-0.15, -0.1) is 0 Å². The molecule has 0 spiro atoms. The quantitative estimate of drug-likeness (QED) is 0.496. The summed E-state index contributed by atoms with van der Waals surface area (Å²) in [5.74, 6) is -1.19. The van der Waals surface area contributed by atoms with E-state index in [-0.39, 0.29) is 17.3 Å². The molecule has 0 saturated carbocycles. The highest BCUT2D eigenvalue weighted by atomic mass is 16.5. The number of hydrogen-bond acceptors (Lipinski definition) is 6. The molecule has 0 fully saturated rings. The second-order valence-corrected chi connectivity index (χ2v) is 6.57. The number of carbonyl (C=O) groups is 3. The Kier molecular flexibility index (Phi) is 8.29. The first-order valence-electron chi connectivity index (χ1n) is 9.39. The SMILES string of the molecule is CCOC(=O)c1ccc(NC(=O)c2cccc(C(=O)NCCCN(C)C)n2)cc1. The van der Waals surface area contributed by atoms with Crippen molar-refractivity contribution in [3.63, 3.8) is 0 Å². The number of benzene rings is 1. The maximum Gasteiger partial charge on any atom is 0.338 e. The van der Waals surface area contributed by atoms with Gasteiger partial charge in [-0.1, -0.05) is 6.07 Å². The first kappa shape index (κ1) is 22.0. The zero-order valence-corrected chi connectivity index (χ0v) is 16.9. The van der Waals surface area contributed by atoms with Crippen LogP contribution in [0.2, 0.25) is 0 Å². The van der Waals surface area contributed by atoms with Crippen molar-refractivity contribution < 1.29 is 19.1 Å². The van der Waals surface area contributed by atoms with Gasteiger partial charge in [0.2, 0.25) is 0 Å². The highest BCUT2D eigenvalue weighted by molar-refractivity contribution is 6.04. The predicted molar refractivity (Wildman–Crippen MR) is 110 cm³/mol. The summed E-state index contributed by atoms with van der Waals surface area (Å²) in [6.45, 7) is 3.42. The summed E-state index contributed by atoms with van der Waals surface area (Å²) >= 11 is 0. The molecular weight excluding hydrogens is 372 g/mol. The maximum atomic E-state index is 12.4. The molecule has 2 rings (SSSR count). The molecule has 0 saturated heterocycles. The number of hydrogen-bond donors (Lipinski definition) is 2. The van der Waals surface area contributed by atoms with Gasteiger partial charge < -0.3 is 20.3 Å². The van der Waals surface area contributed by atoms with Crippen molar-refractivity contribution in [2.24, 2.45) is 0 Å². The number of nitrogens with one attached hydrogen (secondary N) is 2. The van der Waals surface area contributed by atoms with Gasteiger partial charge in [0.15, 0.2) is 0 Å². The lowest BCUT2D eigenvalue weighted by Crippen LogP contribution is -2.28. The molecule has 0 atom stereocenters. The number of amides is 2. The van der Waals surface area contributed by atoms with Crippen LogP contribution in [0, 0.1) is 0 Å². The molecule has 2 amide bonds. The third-order valence-electron chi connectivity index (χ3n) is 3.94. The average Bonchev–Trinajstić information content (AvgIpc) is 2.71. The maximum absolute atomic E-state index is 12.4. The summed E-state index contributed by atoms with van der Waals surface area (Å²) in [5.41, 5.74) is 1.21. The number of aromatic nitrogens is 1. The van der Waals surface area contributed by atoms with Crippen LogP contribution in [0.4, 0.5) is 5.69 Å². The molecule has 0 aliphatic carbocycles. The molecule has 154 valence electrons. The standard InChI is InChI=1S/C21H26N4O4/c1-4-29-21(28)15-9-11-16(12-10-15)23-20(27)18-8-5-7-17(24-18)19(26)22-13-6-14-25(2)3/h5,7-12H,4,6,13-14H2,1-3H3,(H,22,26)(H,23,27). The molecule has 1 aromatic heterocycles. The van der Waals surface area contributed by atoms with Crippen LogP contribution in [-0.2, 0) is 4.74 Å². The van der Waals surface area contributed by atoms with Crippen molar-refractivity contribution in [1.82, 2.24) is 15.2 Å². The van der Waals surface area contributed by atoms with Crippen LogP contribution < -0.4 is 10.6 Å². The average molecular weight is 398 g/mol. The van der Waals surface area contributed by atoms with E-state index in [1.165, 1.54) is 6.07 Å².